The predicted molar refractivity (Wildman–Crippen MR) is 117 cm³/mol. The van der Waals surface area contributed by atoms with Gasteiger partial charge >= 0.3 is 0 Å². The van der Waals surface area contributed by atoms with E-state index in [1.54, 1.807) is 21.0 Å². The first-order valence-electron chi connectivity index (χ1n) is 10.7. The van der Waals surface area contributed by atoms with Crippen molar-refractivity contribution in [2.75, 3.05) is 25.6 Å². The van der Waals surface area contributed by atoms with Gasteiger partial charge in [0.05, 0.1) is 24.2 Å². The number of fused-ring (bicyclic) bond motifs is 1. The van der Waals surface area contributed by atoms with Crippen LogP contribution in [0.3, 0.4) is 0 Å². The molecule has 32 heavy (non-hydrogen) atoms. The first kappa shape index (κ1) is 22.3. The molecule has 0 amide bonds. The van der Waals surface area contributed by atoms with Crippen LogP contribution in [-0.2, 0) is 4.74 Å². The van der Waals surface area contributed by atoms with Crippen LogP contribution in [0.2, 0.25) is 0 Å². The van der Waals surface area contributed by atoms with Crippen molar-refractivity contribution in [3.05, 3.63) is 58.7 Å². The Morgan fingerprint density at radius 2 is 1.84 bits per heavy atom. The van der Waals surface area contributed by atoms with E-state index in [2.05, 4.69) is 15.3 Å². The van der Waals surface area contributed by atoms with E-state index in [0.717, 1.165) is 41.1 Å². The Hall–Kier alpha value is -2.87. The second-order valence-electron chi connectivity index (χ2n) is 8.03. The highest BCUT2D eigenvalue weighted by Gasteiger charge is 2.23. The van der Waals surface area contributed by atoms with E-state index >= 15 is 0 Å². The lowest BCUT2D eigenvalue weighted by Gasteiger charge is -2.25. The molecule has 4 rings (SSSR count). The van der Waals surface area contributed by atoms with E-state index in [9.17, 15) is 13.2 Å². The minimum atomic E-state index is -2.88. The van der Waals surface area contributed by atoms with Gasteiger partial charge in [-0.05, 0) is 50.3 Å². The fourth-order valence-corrected chi connectivity index (χ4v) is 4.26. The number of nitrogens with one attached hydrogen (secondary N) is 1. The minimum absolute atomic E-state index is 0.151. The van der Waals surface area contributed by atoms with E-state index < -0.39 is 23.8 Å². The predicted octanol–water partition coefficient (Wildman–Crippen LogP) is 6.09. The van der Waals surface area contributed by atoms with E-state index in [0.29, 0.717) is 30.8 Å². The number of methoxy groups -OCH3 is 1. The topological polar surface area (TPSA) is 56.3 Å². The number of anilines is 1. The Labute approximate surface area is 185 Å². The number of hydrogen-bond acceptors (Lipinski definition) is 5. The summed E-state index contributed by atoms with van der Waals surface area (Å²) in [5, 5.41) is 3.91. The first-order chi connectivity index (χ1) is 15.4. The molecule has 1 aliphatic rings. The van der Waals surface area contributed by atoms with Gasteiger partial charge in [0, 0.05) is 24.2 Å². The second kappa shape index (κ2) is 9.32. The quantitative estimate of drug-likeness (QED) is 0.498. The molecule has 0 saturated carbocycles. The van der Waals surface area contributed by atoms with Gasteiger partial charge in [-0.2, -0.15) is 0 Å². The number of hydrogen-bond donors (Lipinski definition) is 1. The van der Waals surface area contributed by atoms with E-state index in [1.165, 1.54) is 12.1 Å². The van der Waals surface area contributed by atoms with Crippen molar-refractivity contribution in [2.24, 2.45) is 0 Å². The molecule has 1 fully saturated rings. The van der Waals surface area contributed by atoms with Gasteiger partial charge in [0.1, 0.15) is 23.2 Å². The van der Waals surface area contributed by atoms with Crippen LogP contribution in [0.25, 0.3) is 10.9 Å². The smallest absolute Gasteiger partial charge is 0.266 e. The average Bonchev–Trinajstić information content (AvgIpc) is 2.78. The average molecular weight is 445 g/mol. The largest absolute Gasteiger partial charge is 0.496 e. The normalized spacial score (nSPS) is 15.8. The van der Waals surface area contributed by atoms with Crippen molar-refractivity contribution in [3.8, 4) is 5.75 Å². The summed E-state index contributed by atoms with van der Waals surface area (Å²) in [6, 6.07) is 7.35. The summed E-state index contributed by atoms with van der Waals surface area (Å²) in [7, 11) is 1.62. The number of alkyl halides is 2. The minimum Gasteiger partial charge on any atom is -0.496 e. The maximum atomic E-state index is 14.7. The van der Waals surface area contributed by atoms with Gasteiger partial charge in [0.25, 0.3) is 6.43 Å². The summed E-state index contributed by atoms with van der Waals surface area (Å²) < 4.78 is 52.1. The molecule has 1 aromatic heterocycles. The van der Waals surface area contributed by atoms with Gasteiger partial charge < -0.3 is 14.8 Å². The van der Waals surface area contributed by atoms with Gasteiger partial charge in [-0.3, -0.25) is 0 Å². The molecular weight excluding hydrogens is 419 g/mol. The third kappa shape index (κ3) is 4.37. The molecule has 1 aliphatic heterocycles. The highest BCUT2D eigenvalue weighted by Crippen LogP contribution is 2.38. The molecule has 2 heterocycles. The summed E-state index contributed by atoms with van der Waals surface area (Å²) in [6.45, 7) is 4.92. The lowest BCUT2D eigenvalue weighted by molar-refractivity contribution is 0.0848. The van der Waals surface area contributed by atoms with E-state index in [1.807, 2.05) is 12.1 Å². The van der Waals surface area contributed by atoms with Crippen LogP contribution < -0.4 is 10.1 Å². The van der Waals surface area contributed by atoms with Crippen LogP contribution in [0.4, 0.5) is 19.0 Å². The van der Waals surface area contributed by atoms with Gasteiger partial charge in [-0.25, -0.2) is 23.1 Å². The van der Waals surface area contributed by atoms with Crippen molar-refractivity contribution >= 4 is 16.7 Å². The summed E-state index contributed by atoms with van der Waals surface area (Å²) >= 11 is 0. The molecule has 8 heteroatoms. The second-order valence-corrected chi connectivity index (χ2v) is 8.03. The Bertz CT molecular complexity index is 1120. The standard InChI is InChI=1S/C24H26F3N3O2/c1-13(16-5-4-6-17(22(16)25)23(26)27)28-24-19-12-21(31-3)18(15-7-9-32-10-8-15)11-20(19)29-14(2)30-24/h4-6,11-13,15,23H,7-10H2,1-3H3,(H,28,29,30). The fourth-order valence-electron chi connectivity index (χ4n) is 4.26. The van der Waals surface area contributed by atoms with Gasteiger partial charge in [0.15, 0.2) is 0 Å². The molecule has 2 aromatic carbocycles. The first-order valence-corrected chi connectivity index (χ1v) is 10.7. The monoisotopic (exact) mass is 445 g/mol. The SMILES string of the molecule is COc1cc2c(NC(C)c3cccc(C(F)F)c3F)nc(C)nc2cc1C1CCOCC1. The molecule has 1 saturated heterocycles. The molecule has 1 unspecified atom stereocenters. The number of aromatic nitrogens is 2. The summed E-state index contributed by atoms with van der Waals surface area (Å²) in [5.74, 6) is 1.20. The lowest BCUT2D eigenvalue weighted by Crippen LogP contribution is -2.15. The van der Waals surface area contributed by atoms with Crippen molar-refractivity contribution in [3.63, 3.8) is 0 Å². The van der Waals surface area contributed by atoms with Crippen LogP contribution in [0, 0.1) is 12.7 Å². The lowest BCUT2D eigenvalue weighted by atomic mass is 9.90. The number of benzene rings is 2. The molecule has 3 aromatic rings. The highest BCUT2D eigenvalue weighted by molar-refractivity contribution is 5.91. The maximum absolute atomic E-state index is 14.7. The zero-order valence-corrected chi connectivity index (χ0v) is 18.3. The molecule has 0 spiro atoms. The van der Waals surface area contributed by atoms with Crippen LogP contribution in [0.5, 0.6) is 5.75 Å². The Kier molecular flexibility index (Phi) is 6.50. The Morgan fingerprint density at radius 1 is 1.12 bits per heavy atom. The number of aryl methyl sites for hydroxylation is 1. The molecule has 170 valence electrons. The summed E-state index contributed by atoms with van der Waals surface area (Å²) in [5.41, 5.74) is 1.37. The zero-order valence-electron chi connectivity index (χ0n) is 18.3. The molecule has 0 aliphatic carbocycles. The van der Waals surface area contributed by atoms with Gasteiger partial charge in [-0.1, -0.05) is 18.2 Å². The van der Waals surface area contributed by atoms with E-state index in [-0.39, 0.29) is 5.56 Å². The number of ether oxygens (including phenoxy) is 2. The number of rotatable bonds is 6. The van der Waals surface area contributed by atoms with Gasteiger partial charge in [0.2, 0.25) is 0 Å². The summed E-state index contributed by atoms with van der Waals surface area (Å²) in [6.07, 6.45) is -1.06. The molecule has 1 N–H and O–H groups in total. The fraction of sp³-hybridized carbons (Fsp3) is 0.417. The third-order valence-corrected chi connectivity index (χ3v) is 5.93. The third-order valence-electron chi connectivity index (χ3n) is 5.93. The molecular formula is C24H26F3N3O2. The summed E-state index contributed by atoms with van der Waals surface area (Å²) in [4.78, 5) is 9.09. The van der Waals surface area contributed by atoms with Crippen molar-refractivity contribution < 1.29 is 22.6 Å². The molecule has 0 radical (unpaired) electrons. The van der Waals surface area contributed by atoms with E-state index in [4.69, 9.17) is 9.47 Å². The van der Waals surface area contributed by atoms with Crippen LogP contribution in [-0.4, -0.2) is 30.3 Å². The van der Waals surface area contributed by atoms with Crippen LogP contribution in [0.15, 0.2) is 30.3 Å². The number of nitrogens with zero attached hydrogens (tertiary/aromatic N) is 2. The van der Waals surface area contributed by atoms with Gasteiger partial charge in [-0.15, -0.1) is 0 Å². The zero-order chi connectivity index (χ0) is 22.8. The van der Waals surface area contributed by atoms with Crippen molar-refractivity contribution in [2.45, 2.75) is 45.1 Å². The van der Waals surface area contributed by atoms with Crippen molar-refractivity contribution in [1.82, 2.24) is 9.97 Å². The maximum Gasteiger partial charge on any atom is 0.266 e. The molecule has 1 atom stereocenters. The van der Waals surface area contributed by atoms with Crippen LogP contribution >= 0.6 is 0 Å². The molecule has 5 nitrogen and oxygen atoms in total. The molecule has 0 bridgehead atoms. The highest BCUT2D eigenvalue weighted by atomic mass is 19.3. The van der Waals surface area contributed by atoms with Crippen molar-refractivity contribution in [1.29, 1.82) is 0 Å². The number of halogens is 3. The Morgan fingerprint density at radius 3 is 2.53 bits per heavy atom. The Balaban J connectivity index is 1.74. The van der Waals surface area contributed by atoms with Crippen LogP contribution in [0.1, 0.15) is 60.7 Å².